The van der Waals surface area contributed by atoms with Gasteiger partial charge in [-0.1, -0.05) is 0 Å². The average Bonchev–Trinajstić information content (AvgIpc) is 2.03. The number of aromatic carboxylic acids is 1. The van der Waals surface area contributed by atoms with Crippen molar-refractivity contribution in [3.05, 3.63) is 24.0 Å². The molecule has 0 aliphatic rings. The normalized spacial score (nSPS) is 9.31. The van der Waals surface area contributed by atoms with Gasteiger partial charge in [-0.3, -0.25) is 9.78 Å². The van der Waals surface area contributed by atoms with Gasteiger partial charge in [-0.2, -0.15) is 0 Å². The summed E-state index contributed by atoms with van der Waals surface area (Å²) >= 11 is 0. The molecule has 1 heterocycles. The van der Waals surface area contributed by atoms with Crippen LogP contribution < -0.4 is 5.32 Å². The van der Waals surface area contributed by atoms with E-state index < -0.39 is 5.97 Å². The number of anilines is 1. The predicted molar refractivity (Wildman–Crippen MR) is 45.5 cm³/mol. The van der Waals surface area contributed by atoms with Crippen LogP contribution in [0.2, 0.25) is 0 Å². The van der Waals surface area contributed by atoms with Crippen LogP contribution >= 0.6 is 0 Å². The number of carboxylic acids is 1. The molecule has 5 nitrogen and oxygen atoms in total. The number of aromatic nitrogens is 1. The van der Waals surface area contributed by atoms with Gasteiger partial charge in [-0.15, -0.1) is 0 Å². The average molecular weight is 180 g/mol. The molecule has 68 valence electrons. The van der Waals surface area contributed by atoms with Gasteiger partial charge in [-0.25, -0.2) is 4.79 Å². The molecule has 0 aromatic carbocycles. The van der Waals surface area contributed by atoms with Gasteiger partial charge < -0.3 is 10.4 Å². The van der Waals surface area contributed by atoms with Crippen molar-refractivity contribution in [3.63, 3.8) is 0 Å². The van der Waals surface area contributed by atoms with Gasteiger partial charge in [0.2, 0.25) is 5.91 Å². The van der Waals surface area contributed by atoms with Crippen LogP contribution in [0.1, 0.15) is 17.3 Å². The highest BCUT2D eigenvalue weighted by atomic mass is 16.4. The van der Waals surface area contributed by atoms with E-state index >= 15 is 0 Å². The fraction of sp³-hybridized carbons (Fsp3) is 0.125. The van der Waals surface area contributed by atoms with Crippen molar-refractivity contribution >= 4 is 17.6 Å². The van der Waals surface area contributed by atoms with E-state index in [0.717, 1.165) is 0 Å². The van der Waals surface area contributed by atoms with Crippen LogP contribution in [-0.4, -0.2) is 22.0 Å². The number of nitrogens with zero attached hydrogens (tertiary/aromatic N) is 1. The molecular weight excluding hydrogens is 172 g/mol. The van der Waals surface area contributed by atoms with Gasteiger partial charge in [0.05, 0.1) is 5.69 Å². The van der Waals surface area contributed by atoms with Gasteiger partial charge in [0.25, 0.3) is 0 Å². The van der Waals surface area contributed by atoms with Gasteiger partial charge in [0.15, 0.2) is 0 Å². The zero-order valence-corrected chi connectivity index (χ0v) is 6.94. The van der Waals surface area contributed by atoms with Gasteiger partial charge in [0, 0.05) is 19.3 Å². The maximum Gasteiger partial charge on any atom is 0.339 e. The van der Waals surface area contributed by atoms with Crippen LogP contribution in [0.3, 0.4) is 0 Å². The lowest BCUT2D eigenvalue weighted by atomic mass is 10.2. The minimum atomic E-state index is -1.11. The fourth-order valence-electron chi connectivity index (χ4n) is 0.864. The maximum absolute atomic E-state index is 10.7. The van der Waals surface area contributed by atoms with Crippen LogP contribution in [0, 0.1) is 0 Å². The topological polar surface area (TPSA) is 79.3 Å². The van der Waals surface area contributed by atoms with E-state index in [-0.39, 0.29) is 17.2 Å². The minimum absolute atomic E-state index is 0.0160. The highest BCUT2D eigenvalue weighted by molar-refractivity contribution is 5.99. The van der Waals surface area contributed by atoms with E-state index in [1.165, 1.54) is 25.4 Å². The van der Waals surface area contributed by atoms with Crippen molar-refractivity contribution in [2.75, 3.05) is 5.32 Å². The highest BCUT2D eigenvalue weighted by Crippen LogP contribution is 2.12. The van der Waals surface area contributed by atoms with Crippen molar-refractivity contribution in [1.29, 1.82) is 0 Å². The summed E-state index contributed by atoms with van der Waals surface area (Å²) in [6.07, 6.45) is 2.60. The Bertz CT molecular complexity index is 349. The standard InChI is InChI=1S/C8H8N2O3/c1-5(11)10-7-2-3-9-4-6(7)8(12)13/h2-4H,1H3,(H,12,13)(H,9,10,11). The SMILES string of the molecule is CC(=O)Nc1ccncc1C(=O)O. The molecule has 1 amide bonds. The number of carbonyl (C=O) groups is 2. The number of amides is 1. The van der Waals surface area contributed by atoms with E-state index in [4.69, 9.17) is 5.11 Å². The predicted octanol–water partition coefficient (Wildman–Crippen LogP) is 0.738. The summed E-state index contributed by atoms with van der Waals surface area (Å²) in [5, 5.41) is 11.1. The largest absolute Gasteiger partial charge is 0.478 e. The first kappa shape index (κ1) is 9.18. The third-order valence-corrected chi connectivity index (χ3v) is 1.36. The highest BCUT2D eigenvalue weighted by Gasteiger charge is 2.09. The molecule has 2 N–H and O–H groups in total. The molecule has 1 aromatic heterocycles. The number of rotatable bonds is 2. The Morgan fingerprint density at radius 1 is 1.54 bits per heavy atom. The first-order chi connectivity index (χ1) is 6.11. The minimum Gasteiger partial charge on any atom is -0.478 e. The molecule has 1 rings (SSSR count). The quantitative estimate of drug-likeness (QED) is 0.703. The van der Waals surface area contributed by atoms with Gasteiger partial charge in [-0.05, 0) is 6.07 Å². The molecule has 0 spiro atoms. The third kappa shape index (κ3) is 2.26. The van der Waals surface area contributed by atoms with Crippen molar-refractivity contribution in [2.24, 2.45) is 0 Å². The molecule has 0 fully saturated rings. The zero-order valence-electron chi connectivity index (χ0n) is 6.94. The molecule has 0 atom stereocenters. The van der Waals surface area contributed by atoms with E-state index in [9.17, 15) is 9.59 Å². The van der Waals surface area contributed by atoms with Crippen LogP contribution in [0.5, 0.6) is 0 Å². The van der Waals surface area contributed by atoms with Gasteiger partial charge in [0.1, 0.15) is 5.56 Å². The van der Waals surface area contributed by atoms with Crippen LogP contribution in [0.15, 0.2) is 18.5 Å². The first-order valence-electron chi connectivity index (χ1n) is 3.56. The Hall–Kier alpha value is -1.91. The molecule has 0 saturated carbocycles. The van der Waals surface area contributed by atoms with E-state index in [1.54, 1.807) is 0 Å². The summed E-state index contributed by atoms with van der Waals surface area (Å²) in [6, 6.07) is 1.44. The smallest absolute Gasteiger partial charge is 0.339 e. The van der Waals surface area contributed by atoms with Crippen LogP contribution in [0.4, 0.5) is 5.69 Å². The molecule has 0 saturated heterocycles. The summed E-state index contributed by atoms with van der Waals surface area (Å²) < 4.78 is 0. The lowest BCUT2D eigenvalue weighted by Crippen LogP contribution is -2.10. The van der Waals surface area contributed by atoms with Gasteiger partial charge >= 0.3 is 5.97 Å². The molecule has 5 heteroatoms. The lowest BCUT2D eigenvalue weighted by Gasteiger charge is -2.04. The Kier molecular flexibility index (Phi) is 2.59. The Morgan fingerprint density at radius 2 is 2.23 bits per heavy atom. The molecule has 0 unspecified atom stereocenters. The van der Waals surface area contributed by atoms with Crippen molar-refractivity contribution in [3.8, 4) is 0 Å². The molecule has 0 aliphatic heterocycles. The summed E-state index contributed by atoms with van der Waals surface area (Å²) in [4.78, 5) is 24.9. The van der Waals surface area contributed by atoms with Crippen LogP contribution in [0.25, 0.3) is 0 Å². The number of pyridine rings is 1. The fourth-order valence-corrected chi connectivity index (χ4v) is 0.864. The second-order valence-corrected chi connectivity index (χ2v) is 2.41. The number of carboxylic acid groups (broad SMARTS) is 1. The number of nitrogens with one attached hydrogen (secondary N) is 1. The van der Waals surface area contributed by atoms with E-state index in [2.05, 4.69) is 10.3 Å². The van der Waals surface area contributed by atoms with E-state index in [1.807, 2.05) is 0 Å². The lowest BCUT2D eigenvalue weighted by molar-refractivity contribution is -0.114. The summed E-state index contributed by atoms with van der Waals surface area (Å²) in [7, 11) is 0. The molecule has 13 heavy (non-hydrogen) atoms. The maximum atomic E-state index is 10.7. The second kappa shape index (κ2) is 3.66. The first-order valence-corrected chi connectivity index (χ1v) is 3.56. The summed E-state index contributed by atoms with van der Waals surface area (Å²) in [6.45, 7) is 1.31. The van der Waals surface area contributed by atoms with E-state index in [0.29, 0.717) is 0 Å². The Balaban J connectivity index is 3.04. The summed E-state index contributed by atoms with van der Waals surface area (Å²) in [5.74, 6) is -1.43. The van der Waals surface area contributed by atoms with Crippen LogP contribution in [-0.2, 0) is 4.79 Å². The number of hydrogen-bond donors (Lipinski definition) is 2. The second-order valence-electron chi connectivity index (χ2n) is 2.41. The Morgan fingerprint density at radius 3 is 2.77 bits per heavy atom. The third-order valence-electron chi connectivity index (χ3n) is 1.36. The van der Waals surface area contributed by atoms with Crippen molar-refractivity contribution < 1.29 is 14.7 Å². The van der Waals surface area contributed by atoms with Crippen molar-refractivity contribution in [2.45, 2.75) is 6.92 Å². The molecule has 0 aliphatic carbocycles. The zero-order chi connectivity index (χ0) is 9.84. The molecule has 1 aromatic rings. The Labute approximate surface area is 74.4 Å². The number of hydrogen-bond acceptors (Lipinski definition) is 3. The summed E-state index contributed by atoms with van der Waals surface area (Å²) in [5.41, 5.74) is 0.243. The molecule has 0 bridgehead atoms. The van der Waals surface area contributed by atoms with Crippen molar-refractivity contribution in [1.82, 2.24) is 4.98 Å². The molecular formula is C8H8N2O3. The number of carbonyl (C=O) groups excluding carboxylic acids is 1. The monoisotopic (exact) mass is 180 g/mol. The molecule has 0 radical (unpaired) electrons.